The van der Waals surface area contributed by atoms with Gasteiger partial charge in [0, 0.05) is 11.8 Å². The third-order valence-corrected chi connectivity index (χ3v) is 3.58. The smallest absolute Gasteiger partial charge is 0.157 e. The number of nitrogens with zero attached hydrogens (tertiary/aromatic N) is 1. The summed E-state index contributed by atoms with van der Waals surface area (Å²) in [5, 5.41) is 4.53. The second kappa shape index (κ2) is 5.21. The Morgan fingerprint density at radius 2 is 2.20 bits per heavy atom. The number of thioether (sulfide) groups is 1. The summed E-state index contributed by atoms with van der Waals surface area (Å²) in [5.74, 6) is 1.16. The number of hydrogen-bond acceptors (Lipinski definition) is 2. The zero-order valence-corrected chi connectivity index (χ0v) is 9.76. The van der Waals surface area contributed by atoms with Crippen molar-refractivity contribution in [3.05, 3.63) is 35.9 Å². The van der Waals surface area contributed by atoms with E-state index in [1.807, 2.05) is 17.8 Å². The van der Waals surface area contributed by atoms with Gasteiger partial charge in [0.25, 0.3) is 0 Å². The highest BCUT2D eigenvalue weighted by molar-refractivity contribution is 8.14. The lowest BCUT2D eigenvalue weighted by Gasteiger charge is -2.04. The van der Waals surface area contributed by atoms with Crippen LogP contribution in [0.3, 0.4) is 0 Å². The summed E-state index contributed by atoms with van der Waals surface area (Å²) in [6.45, 7) is 2.99. The van der Waals surface area contributed by atoms with Gasteiger partial charge in [0.1, 0.15) is 0 Å². The van der Waals surface area contributed by atoms with Crippen LogP contribution >= 0.6 is 11.8 Å². The van der Waals surface area contributed by atoms with Crippen molar-refractivity contribution in [1.82, 2.24) is 5.32 Å². The molecular formula is C12H16N2S. The number of benzene rings is 1. The van der Waals surface area contributed by atoms with E-state index in [9.17, 15) is 0 Å². The molecule has 2 rings (SSSR count). The Bertz CT molecular complexity index is 335. The van der Waals surface area contributed by atoms with Crippen LogP contribution in [0.4, 0.5) is 0 Å². The molecule has 1 aromatic carbocycles. The Labute approximate surface area is 95.2 Å². The SMILES string of the molecule is CC[C@H]1CSC(=NCc2ccccc2)N1. The van der Waals surface area contributed by atoms with Crippen molar-refractivity contribution >= 4 is 16.9 Å². The average Bonchev–Trinajstić information content (AvgIpc) is 2.76. The molecule has 1 aromatic rings. The van der Waals surface area contributed by atoms with Crippen molar-refractivity contribution in [1.29, 1.82) is 0 Å². The van der Waals surface area contributed by atoms with E-state index < -0.39 is 0 Å². The van der Waals surface area contributed by atoms with Gasteiger partial charge < -0.3 is 5.32 Å². The molecule has 15 heavy (non-hydrogen) atoms. The molecule has 1 fully saturated rings. The van der Waals surface area contributed by atoms with E-state index in [1.54, 1.807) is 0 Å². The van der Waals surface area contributed by atoms with Gasteiger partial charge in [0.2, 0.25) is 0 Å². The quantitative estimate of drug-likeness (QED) is 0.847. The molecule has 1 saturated heterocycles. The number of nitrogens with one attached hydrogen (secondary N) is 1. The fourth-order valence-electron chi connectivity index (χ4n) is 1.50. The van der Waals surface area contributed by atoms with Gasteiger partial charge in [-0.3, -0.25) is 4.99 Å². The Morgan fingerprint density at radius 1 is 1.40 bits per heavy atom. The normalized spacial score (nSPS) is 23.0. The van der Waals surface area contributed by atoms with Crippen LogP contribution in [-0.2, 0) is 6.54 Å². The molecule has 0 aliphatic carbocycles. The topological polar surface area (TPSA) is 24.4 Å². The minimum atomic E-state index is 0.615. The van der Waals surface area contributed by atoms with Gasteiger partial charge in [-0.2, -0.15) is 0 Å². The predicted molar refractivity (Wildman–Crippen MR) is 67.3 cm³/mol. The second-order valence-electron chi connectivity index (χ2n) is 3.67. The number of rotatable bonds is 3. The first-order valence-corrected chi connectivity index (χ1v) is 6.34. The molecule has 0 aromatic heterocycles. The first kappa shape index (κ1) is 10.6. The fourth-order valence-corrected chi connectivity index (χ4v) is 2.58. The molecule has 1 atom stereocenters. The summed E-state index contributed by atoms with van der Waals surface area (Å²) in [4.78, 5) is 4.56. The fraction of sp³-hybridized carbons (Fsp3) is 0.417. The van der Waals surface area contributed by atoms with Crippen molar-refractivity contribution in [3.63, 3.8) is 0 Å². The molecule has 1 aliphatic heterocycles. The monoisotopic (exact) mass is 220 g/mol. The van der Waals surface area contributed by atoms with E-state index in [-0.39, 0.29) is 0 Å². The van der Waals surface area contributed by atoms with Crippen molar-refractivity contribution < 1.29 is 0 Å². The molecule has 0 unspecified atom stereocenters. The summed E-state index contributed by atoms with van der Waals surface area (Å²) in [6, 6.07) is 11.0. The Balaban J connectivity index is 1.90. The van der Waals surface area contributed by atoms with E-state index in [0.29, 0.717) is 6.04 Å². The van der Waals surface area contributed by atoms with E-state index in [2.05, 4.69) is 41.5 Å². The zero-order valence-electron chi connectivity index (χ0n) is 8.94. The van der Waals surface area contributed by atoms with E-state index >= 15 is 0 Å². The Morgan fingerprint density at radius 3 is 2.87 bits per heavy atom. The van der Waals surface area contributed by atoms with Crippen LogP contribution in [0.1, 0.15) is 18.9 Å². The minimum absolute atomic E-state index is 0.615. The lowest BCUT2D eigenvalue weighted by Crippen LogP contribution is -2.25. The van der Waals surface area contributed by atoms with E-state index in [4.69, 9.17) is 0 Å². The third-order valence-electron chi connectivity index (χ3n) is 2.49. The molecular weight excluding hydrogens is 204 g/mol. The van der Waals surface area contributed by atoms with Crippen LogP contribution < -0.4 is 5.32 Å². The standard InChI is InChI=1S/C12H16N2S/c1-2-11-9-15-12(14-11)13-8-10-6-4-3-5-7-10/h3-7,11H,2,8-9H2,1H3,(H,13,14)/t11-/m0/s1. The maximum Gasteiger partial charge on any atom is 0.157 e. The highest BCUT2D eigenvalue weighted by Gasteiger charge is 2.17. The number of hydrogen-bond donors (Lipinski definition) is 1. The Kier molecular flexibility index (Phi) is 3.67. The van der Waals surface area contributed by atoms with Crippen molar-refractivity contribution in [3.8, 4) is 0 Å². The summed E-state index contributed by atoms with van der Waals surface area (Å²) < 4.78 is 0. The van der Waals surface area contributed by atoms with Crippen LogP contribution in [0.25, 0.3) is 0 Å². The first-order chi connectivity index (χ1) is 7.38. The summed E-state index contributed by atoms with van der Waals surface area (Å²) in [6.07, 6.45) is 1.18. The third kappa shape index (κ3) is 2.99. The van der Waals surface area contributed by atoms with Gasteiger partial charge in [0.15, 0.2) is 5.17 Å². The van der Waals surface area contributed by atoms with Gasteiger partial charge >= 0.3 is 0 Å². The molecule has 3 heteroatoms. The molecule has 1 heterocycles. The maximum absolute atomic E-state index is 4.56. The Hall–Kier alpha value is -0.960. The molecule has 80 valence electrons. The highest BCUT2D eigenvalue weighted by atomic mass is 32.2. The molecule has 1 N–H and O–H groups in total. The van der Waals surface area contributed by atoms with Crippen molar-refractivity contribution in [2.24, 2.45) is 4.99 Å². The molecule has 0 spiro atoms. The van der Waals surface area contributed by atoms with Gasteiger partial charge in [0.05, 0.1) is 6.54 Å². The van der Waals surface area contributed by atoms with Crippen LogP contribution in [-0.4, -0.2) is 17.0 Å². The lowest BCUT2D eigenvalue weighted by molar-refractivity contribution is 0.667. The maximum atomic E-state index is 4.56. The second-order valence-corrected chi connectivity index (χ2v) is 4.68. The highest BCUT2D eigenvalue weighted by Crippen LogP contribution is 2.16. The predicted octanol–water partition coefficient (Wildman–Crippen LogP) is 2.66. The van der Waals surface area contributed by atoms with E-state index in [1.165, 1.54) is 12.0 Å². The summed E-state index contributed by atoms with van der Waals surface area (Å²) in [7, 11) is 0. The molecule has 0 radical (unpaired) electrons. The van der Waals surface area contributed by atoms with Gasteiger partial charge in [-0.05, 0) is 12.0 Å². The van der Waals surface area contributed by atoms with E-state index in [0.717, 1.165) is 17.5 Å². The van der Waals surface area contributed by atoms with Crippen molar-refractivity contribution in [2.45, 2.75) is 25.9 Å². The van der Waals surface area contributed by atoms with Crippen LogP contribution in [0, 0.1) is 0 Å². The molecule has 0 amide bonds. The summed E-state index contributed by atoms with van der Waals surface area (Å²) >= 11 is 1.83. The first-order valence-electron chi connectivity index (χ1n) is 5.36. The van der Waals surface area contributed by atoms with Crippen LogP contribution in [0.5, 0.6) is 0 Å². The minimum Gasteiger partial charge on any atom is -0.361 e. The van der Waals surface area contributed by atoms with Crippen LogP contribution in [0.2, 0.25) is 0 Å². The van der Waals surface area contributed by atoms with Gasteiger partial charge in [-0.25, -0.2) is 0 Å². The number of amidine groups is 1. The van der Waals surface area contributed by atoms with Crippen molar-refractivity contribution in [2.75, 3.05) is 5.75 Å². The average molecular weight is 220 g/mol. The lowest BCUT2D eigenvalue weighted by atomic mass is 10.2. The van der Waals surface area contributed by atoms with Gasteiger partial charge in [-0.15, -0.1) is 0 Å². The molecule has 1 aliphatic rings. The molecule has 0 bridgehead atoms. The molecule has 0 saturated carbocycles. The summed E-state index contributed by atoms with van der Waals surface area (Å²) in [5.41, 5.74) is 1.27. The van der Waals surface area contributed by atoms with Crippen LogP contribution in [0.15, 0.2) is 35.3 Å². The largest absolute Gasteiger partial charge is 0.361 e. The van der Waals surface area contributed by atoms with Gasteiger partial charge in [-0.1, -0.05) is 49.0 Å². The molecule has 2 nitrogen and oxygen atoms in total. The number of aliphatic imine (C=N–C) groups is 1. The zero-order chi connectivity index (χ0) is 10.5.